The molecule has 0 aliphatic heterocycles. The van der Waals surface area contributed by atoms with Crippen LogP contribution in [-0.4, -0.2) is 39.3 Å². The predicted octanol–water partition coefficient (Wildman–Crippen LogP) is 2.00. The normalized spacial score (nSPS) is 15.3. The molecule has 1 aliphatic carbocycles. The average Bonchev–Trinajstić information content (AvgIpc) is 3.08. The van der Waals surface area contributed by atoms with E-state index >= 15 is 0 Å². The quantitative estimate of drug-likeness (QED) is 0.303. The molecule has 4 nitrogen and oxygen atoms in total. The van der Waals surface area contributed by atoms with Gasteiger partial charge in [-0.05, 0) is 25.7 Å². The van der Waals surface area contributed by atoms with Crippen LogP contribution in [0.25, 0.3) is 0 Å². The summed E-state index contributed by atoms with van der Waals surface area (Å²) in [4.78, 5) is 4.48. The Kier molecular flexibility index (Phi) is 11.0. The smallest absolute Gasteiger partial charge is 0.191 e. The van der Waals surface area contributed by atoms with Gasteiger partial charge < -0.3 is 15.4 Å². The van der Waals surface area contributed by atoms with Gasteiger partial charge in [-0.15, -0.1) is 24.0 Å². The number of hydrogen-bond donors (Lipinski definition) is 2. The summed E-state index contributed by atoms with van der Waals surface area (Å²) in [5.74, 6) is 1.92. The lowest BCUT2D eigenvalue weighted by molar-refractivity contribution is 0.197. The summed E-state index contributed by atoms with van der Waals surface area (Å²) in [5, 5.41) is 6.62. The summed E-state index contributed by atoms with van der Waals surface area (Å²) in [7, 11) is 1.73. The van der Waals surface area contributed by atoms with Crippen LogP contribution in [0.1, 0.15) is 32.6 Å². The van der Waals surface area contributed by atoms with Crippen molar-refractivity contribution >= 4 is 29.9 Å². The third-order valence-electron chi connectivity index (χ3n) is 2.66. The molecule has 0 heterocycles. The van der Waals surface area contributed by atoms with E-state index in [-0.39, 0.29) is 24.0 Å². The summed E-state index contributed by atoms with van der Waals surface area (Å²) < 4.78 is 4.99. The average molecular weight is 355 g/mol. The molecule has 0 saturated heterocycles. The summed E-state index contributed by atoms with van der Waals surface area (Å²) in [6.45, 7) is 5.66. The highest BCUT2D eigenvalue weighted by atomic mass is 127. The number of nitrogens with one attached hydrogen (secondary N) is 2. The number of nitrogens with zero attached hydrogens (tertiary/aromatic N) is 1. The van der Waals surface area contributed by atoms with Crippen molar-refractivity contribution in [2.45, 2.75) is 32.6 Å². The molecule has 1 fully saturated rings. The van der Waals surface area contributed by atoms with Crippen LogP contribution in [0.4, 0.5) is 0 Å². The van der Waals surface area contributed by atoms with Crippen LogP contribution in [0.5, 0.6) is 0 Å². The number of aliphatic imine (C=N–C) groups is 1. The minimum Gasteiger partial charge on any atom is -0.385 e. The van der Waals surface area contributed by atoms with Crippen LogP contribution in [-0.2, 0) is 4.74 Å². The fourth-order valence-electron chi connectivity index (χ4n) is 1.54. The lowest BCUT2D eigenvalue weighted by Gasteiger charge is -2.10. The van der Waals surface area contributed by atoms with Crippen LogP contribution in [0.2, 0.25) is 0 Å². The molecule has 0 radical (unpaired) electrons. The molecule has 17 heavy (non-hydrogen) atoms. The lowest BCUT2D eigenvalue weighted by Crippen LogP contribution is -2.38. The van der Waals surface area contributed by atoms with Gasteiger partial charge in [0.25, 0.3) is 0 Å². The lowest BCUT2D eigenvalue weighted by atomic mass is 10.3. The van der Waals surface area contributed by atoms with Gasteiger partial charge in [-0.25, -0.2) is 0 Å². The number of guanidine groups is 1. The van der Waals surface area contributed by atoms with Gasteiger partial charge in [-0.1, -0.05) is 12.8 Å². The first-order chi connectivity index (χ1) is 7.86. The summed E-state index contributed by atoms with van der Waals surface area (Å²) in [6, 6.07) is 0. The van der Waals surface area contributed by atoms with Crippen LogP contribution in [0.15, 0.2) is 4.99 Å². The van der Waals surface area contributed by atoms with Crippen molar-refractivity contribution in [2.24, 2.45) is 10.9 Å². The third-order valence-corrected chi connectivity index (χ3v) is 2.66. The standard InChI is InChI=1S/C12H25N3O.HI/c1-3-13-12(14-8-4-10-16-2)15-9-7-11-5-6-11;/h11H,3-10H2,1-2H3,(H2,13,14,15);1H. The van der Waals surface area contributed by atoms with Crippen molar-refractivity contribution in [3.05, 3.63) is 0 Å². The predicted molar refractivity (Wildman–Crippen MR) is 83.2 cm³/mol. The van der Waals surface area contributed by atoms with E-state index in [0.717, 1.165) is 44.5 Å². The maximum absolute atomic E-state index is 4.99. The molecule has 0 bridgehead atoms. The maximum Gasteiger partial charge on any atom is 0.191 e. The Hall–Kier alpha value is -0.0400. The molecular formula is C12H26IN3O. The van der Waals surface area contributed by atoms with Crippen molar-refractivity contribution in [1.82, 2.24) is 10.6 Å². The van der Waals surface area contributed by atoms with E-state index in [4.69, 9.17) is 4.74 Å². The second-order valence-electron chi connectivity index (χ2n) is 4.27. The topological polar surface area (TPSA) is 45.7 Å². The number of ether oxygens (including phenoxy) is 1. The number of halogens is 1. The van der Waals surface area contributed by atoms with E-state index < -0.39 is 0 Å². The minimum absolute atomic E-state index is 0. The third kappa shape index (κ3) is 9.64. The van der Waals surface area contributed by atoms with E-state index in [2.05, 4.69) is 22.5 Å². The molecule has 1 aliphatic rings. The van der Waals surface area contributed by atoms with Gasteiger partial charge in [0.05, 0.1) is 0 Å². The van der Waals surface area contributed by atoms with Crippen LogP contribution in [0, 0.1) is 5.92 Å². The Labute approximate surface area is 122 Å². The van der Waals surface area contributed by atoms with Crippen LogP contribution < -0.4 is 10.6 Å². The van der Waals surface area contributed by atoms with Gasteiger partial charge in [0, 0.05) is 33.4 Å². The fourth-order valence-corrected chi connectivity index (χ4v) is 1.54. The molecule has 1 rings (SSSR count). The first-order valence-corrected chi connectivity index (χ1v) is 6.38. The Morgan fingerprint density at radius 2 is 2.12 bits per heavy atom. The van der Waals surface area contributed by atoms with E-state index in [1.54, 1.807) is 7.11 Å². The molecule has 0 unspecified atom stereocenters. The Bertz CT molecular complexity index is 208. The molecule has 102 valence electrons. The van der Waals surface area contributed by atoms with E-state index in [9.17, 15) is 0 Å². The van der Waals surface area contributed by atoms with Gasteiger partial charge in [-0.3, -0.25) is 4.99 Å². The number of methoxy groups -OCH3 is 1. The minimum atomic E-state index is 0. The maximum atomic E-state index is 4.99. The van der Waals surface area contributed by atoms with E-state index in [1.807, 2.05) is 0 Å². The highest BCUT2D eigenvalue weighted by Crippen LogP contribution is 2.31. The fraction of sp³-hybridized carbons (Fsp3) is 0.917. The molecule has 1 saturated carbocycles. The summed E-state index contributed by atoms with van der Waals surface area (Å²) in [6.07, 6.45) is 5.10. The zero-order chi connectivity index (χ0) is 11.6. The second kappa shape index (κ2) is 11.1. The van der Waals surface area contributed by atoms with Crippen molar-refractivity contribution < 1.29 is 4.74 Å². The van der Waals surface area contributed by atoms with Gasteiger partial charge >= 0.3 is 0 Å². The Balaban J connectivity index is 0.00000256. The van der Waals surface area contributed by atoms with Crippen molar-refractivity contribution in [1.29, 1.82) is 0 Å². The van der Waals surface area contributed by atoms with Gasteiger partial charge in [-0.2, -0.15) is 0 Å². The molecule has 0 aromatic rings. The molecule has 5 heteroatoms. The molecule has 0 spiro atoms. The molecule has 2 N–H and O–H groups in total. The van der Waals surface area contributed by atoms with Gasteiger partial charge in [0.2, 0.25) is 0 Å². The molecular weight excluding hydrogens is 329 g/mol. The highest BCUT2D eigenvalue weighted by molar-refractivity contribution is 14.0. The van der Waals surface area contributed by atoms with Crippen molar-refractivity contribution in [3.63, 3.8) is 0 Å². The highest BCUT2D eigenvalue weighted by Gasteiger charge is 2.20. The zero-order valence-electron chi connectivity index (χ0n) is 11.0. The summed E-state index contributed by atoms with van der Waals surface area (Å²) >= 11 is 0. The van der Waals surface area contributed by atoms with Crippen molar-refractivity contribution in [3.8, 4) is 0 Å². The SMILES string of the molecule is CCNC(=NCCCOC)NCCC1CC1.I. The van der Waals surface area contributed by atoms with Crippen LogP contribution >= 0.6 is 24.0 Å². The van der Waals surface area contributed by atoms with E-state index in [0.29, 0.717) is 0 Å². The van der Waals surface area contributed by atoms with Crippen molar-refractivity contribution in [2.75, 3.05) is 33.4 Å². The molecule has 0 amide bonds. The Morgan fingerprint density at radius 1 is 1.35 bits per heavy atom. The molecule has 0 aromatic heterocycles. The summed E-state index contributed by atoms with van der Waals surface area (Å²) in [5.41, 5.74) is 0. The Morgan fingerprint density at radius 3 is 2.71 bits per heavy atom. The monoisotopic (exact) mass is 355 g/mol. The van der Waals surface area contributed by atoms with Gasteiger partial charge in [0.15, 0.2) is 5.96 Å². The first-order valence-electron chi connectivity index (χ1n) is 6.38. The molecule has 0 atom stereocenters. The zero-order valence-corrected chi connectivity index (χ0v) is 13.3. The molecule has 0 aromatic carbocycles. The first kappa shape index (κ1) is 17.0. The number of rotatable bonds is 8. The second-order valence-corrected chi connectivity index (χ2v) is 4.27. The van der Waals surface area contributed by atoms with Crippen LogP contribution in [0.3, 0.4) is 0 Å². The van der Waals surface area contributed by atoms with E-state index in [1.165, 1.54) is 19.3 Å². The number of hydrogen-bond acceptors (Lipinski definition) is 2. The largest absolute Gasteiger partial charge is 0.385 e. The van der Waals surface area contributed by atoms with Gasteiger partial charge in [0.1, 0.15) is 0 Å².